The molecule has 7 nitrogen and oxygen atoms in total. The predicted octanol–water partition coefficient (Wildman–Crippen LogP) is 2.18. The second-order valence-electron chi connectivity index (χ2n) is 6.24. The standard InChI is InChI=1S/C20H17N3O4S/c24-17(21-11-14-5-2-1-3-6-14)13-22-16-8-10-28-18(16)19(25)23(20(22)26)12-15-7-4-9-27-15/h1-10H,11-13H2,(H,21,24). The molecule has 0 unspecified atom stereocenters. The number of furan rings is 1. The first-order valence-corrected chi connectivity index (χ1v) is 9.55. The lowest BCUT2D eigenvalue weighted by Crippen LogP contribution is -2.42. The van der Waals surface area contributed by atoms with Crippen molar-refractivity contribution in [2.45, 2.75) is 19.6 Å². The molecule has 142 valence electrons. The maximum absolute atomic E-state index is 12.9. The minimum absolute atomic E-state index is 0.0180. The lowest BCUT2D eigenvalue weighted by atomic mass is 10.2. The zero-order valence-electron chi connectivity index (χ0n) is 14.8. The summed E-state index contributed by atoms with van der Waals surface area (Å²) in [5.74, 6) is 0.192. The molecule has 3 aromatic heterocycles. The summed E-state index contributed by atoms with van der Waals surface area (Å²) in [6.45, 7) is 0.217. The molecule has 0 bridgehead atoms. The number of thiophene rings is 1. The number of nitrogens with zero attached hydrogens (tertiary/aromatic N) is 2. The van der Waals surface area contributed by atoms with Gasteiger partial charge in [0.1, 0.15) is 17.0 Å². The molecule has 1 N–H and O–H groups in total. The van der Waals surface area contributed by atoms with E-state index in [2.05, 4.69) is 5.32 Å². The van der Waals surface area contributed by atoms with Crippen LogP contribution in [0.5, 0.6) is 0 Å². The van der Waals surface area contributed by atoms with Crippen molar-refractivity contribution in [3.8, 4) is 0 Å². The molecule has 4 aromatic rings. The minimum Gasteiger partial charge on any atom is -0.467 e. The summed E-state index contributed by atoms with van der Waals surface area (Å²) < 4.78 is 8.13. The molecule has 1 amide bonds. The van der Waals surface area contributed by atoms with E-state index < -0.39 is 5.69 Å². The Morgan fingerprint density at radius 2 is 1.86 bits per heavy atom. The number of amides is 1. The lowest BCUT2D eigenvalue weighted by Gasteiger charge is -2.12. The highest BCUT2D eigenvalue weighted by Crippen LogP contribution is 2.15. The van der Waals surface area contributed by atoms with Crippen LogP contribution in [0.4, 0.5) is 0 Å². The molecule has 0 radical (unpaired) electrons. The van der Waals surface area contributed by atoms with Crippen LogP contribution in [-0.4, -0.2) is 15.0 Å². The third kappa shape index (κ3) is 3.54. The van der Waals surface area contributed by atoms with Gasteiger partial charge in [-0.25, -0.2) is 4.79 Å². The molecule has 28 heavy (non-hydrogen) atoms. The second-order valence-corrected chi connectivity index (χ2v) is 7.15. The van der Waals surface area contributed by atoms with Crippen LogP contribution in [0.25, 0.3) is 10.2 Å². The quantitative estimate of drug-likeness (QED) is 0.542. The van der Waals surface area contributed by atoms with Crippen LogP contribution in [0.2, 0.25) is 0 Å². The summed E-state index contributed by atoms with van der Waals surface area (Å²) >= 11 is 1.25. The van der Waals surface area contributed by atoms with Crippen LogP contribution in [0.15, 0.2) is 74.2 Å². The zero-order valence-corrected chi connectivity index (χ0v) is 15.6. The molecule has 8 heteroatoms. The SMILES string of the molecule is O=C(Cn1c(=O)n(Cc2ccco2)c(=O)c2sccc21)NCc1ccccc1. The summed E-state index contributed by atoms with van der Waals surface area (Å²) in [6, 6.07) is 14.6. The molecule has 1 aromatic carbocycles. The van der Waals surface area contributed by atoms with E-state index in [4.69, 9.17) is 4.42 Å². The van der Waals surface area contributed by atoms with Crippen molar-refractivity contribution in [3.05, 3.63) is 92.3 Å². The molecule has 0 saturated heterocycles. The smallest absolute Gasteiger partial charge is 0.332 e. The lowest BCUT2D eigenvalue weighted by molar-refractivity contribution is -0.121. The third-order valence-corrected chi connectivity index (χ3v) is 5.26. The van der Waals surface area contributed by atoms with E-state index in [0.29, 0.717) is 22.5 Å². The average molecular weight is 395 g/mol. The minimum atomic E-state index is -0.540. The fourth-order valence-electron chi connectivity index (χ4n) is 2.98. The average Bonchev–Trinajstić information content (AvgIpc) is 3.40. The van der Waals surface area contributed by atoms with E-state index in [1.165, 1.54) is 22.2 Å². The highest BCUT2D eigenvalue weighted by molar-refractivity contribution is 7.17. The first-order valence-electron chi connectivity index (χ1n) is 8.67. The van der Waals surface area contributed by atoms with Crippen molar-refractivity contribution < 1.29 is 9.21 Å². The van der Waals surface area contributed by atoms with Gasteiger partial charge in [0.2, 0.25) is 5.91 Å². The van der Waals surface area contributed by atoms with E-state index in [0.717, 1.165) is 10.1 Å². The topological polar surface area (TPSA) is 86.2 Å². The summed E-state index contributed by atoms with van der Waals surface area (Å²) in [4.78, 5) is 38.1. The van der Waals surface area contributed by atoms with Gasteiger partial charge in [0, 0.05) is 6.54 Å². The number of benzene rings is 1. The van der Waals surface area contributed by atoms with Crippen molar-refractivity contribution in [2.75, 3.05) is 0 Å². The normalized spacial score (nSPS) is 11.0. The largest absolute Gasteiger partial charge is 0.467 e. The number of carbonyl (C=O) groups is 1. The van der Waals surface area contributed by atoms with Crippen LogP contribution in [0.3, 0.4) is 0 Å². The molecule has 0 aliphatic rings. The Kier molecular flexibility index (Phi) is 4.94. The van der Waals surface area contributed by atoms with Gasteiger partial charge in [-0.05, 0) is 29.1 Å². The Balaban J connectivity index is 1.64. The molecule has 0 fully saturated rings. The number of nitrogens with one attached hydrogen (secondary N) is 1. The van der Waals surface area contributed by atoms with Crippen LogP contribution in [0, 0.1) is 0 Å². The number of hydrogen-bond donors (Lipinski definition) is 1. The number of hydrogen-bond acceptors (Lipinski definition) is 5. The molecule has 0 aliphatic carbocycles. The first kappa shape index (κ1) is 18.0. The molecule has 0 aliphatic heterocycles. The molecule has 4 rings (SSSR count). The van der Waals surface area contributed by atoms with E-state index >= 15 is 0 Å². The highest BCUT2D eigenvalue weighted by atomic mass is 32.1. The Morgan fingerprint density at radius 3 is 2.61 bits per heavy atom. The van der Waals surface area contributed by atoms with Gasteiger partial charge in [-0.1, -0.05) is 30.3 Å². The van der Waals surface area contributed by atoms with Crippen LogP contribution < -0.4 is 16.6 Å². The first-order chi connectivity index (χ1) is 13.6. The fraction of sp³-hybridized carbons (Fsp3) is 0.150. The summed E-state index contributed by atoms with van der Waals surface area (Å²) in [6.07, 6.45) is 1.49. The Bertz CT molecular complexity index is 1220. The van der Waals surface area contributed by atoms with Gasteiger partial charge in [-0.2, -0.15) is 0 Å². The van der Waals surface area contributed by atoms with Gasteiger partial charge in [0.25, 0.3) is 5.56 Å². The maximum atomic E-state index is 12.9. The monoisotopic (exact) mass is 395 g/mol. The van der Waals surface area contributed by atoms with Gasteiger partial charge in [-0.3, -0.25) is 18.7 Å². The molecule has 3 heterocycles. The van der Waals surface area contributed by atoms with Crippen molar-refractivity contribution in [3.63, 3.8) is 0 Å². The van der Waals surface area contributed by atoms with Crippen LogP contribution >= 0.6 is 11.3 Å². The zero-order chi connectivity index (χ0) is 19.5. The predicted molar refractivity (Wildman–Crippen MR) is 106 cm³/mol. The van der Waals surface area contributed by atoms with E-state index in [9.17, 15) is 14.4 Å². The Labute approximate surface area is 163 Å². The fourth-order valence-corrected chi connectivity index (χ4v) is 3.82. The molecule has 0 spiro atoms. The van der Waals surface area contributed by atoms with E-state index in [-0.39, 0.29) is 24.6 Å². The van der Waals surface area contributed by atoms with Gasteiger partial charge in [-0.15, -0.1) is 11.3 Å². The number of carbonyl (C=O) groups excluding carboxylic acids is 1. The molecule has 0 saturated carbocycles. The summed E-state index contributed by atoms with van der Waals surface area (Å²) in [7, 11) is 0. The Morgan fingerprint density at radius 1 is 1.04 bits per heavy atom. The van der Waals surface area contributed by atoms with Gasteiger partial charge in [0.05, 0.1) is 18.3 Å². The third-order valence-electron chi connectivity index (χ3n) is 4.36. The van der Waals surface area contributed by atoms with Crippen LogP contribution in [-0.2, 0) is 24.4 Å². The van der Waals surface area contributed by atoms with Gasteiger partial charge < -0.3 is 9.73 Å². The van der Waals surface area contributed by atoms with Crippen molar-refractivity contribution in [1.29, 1.82) is 0 Å². The number of rotatable bonds is 6. The number of fused-ring (bicyclic) bond motifs is 1. The van der Waals surface area contributed by atoms with Crippen molar-refractivity contribution in [1.82, 2.24) is 14.5 Å². The maximum Gasteiger partial charge on any atom is 0.332 e. The van der Waals surface area contributed by atoms with Crippen LogP contribution in [0.1, 0.15) is 11.3 Å². The number of aromatic nitrogens is 2. The van der Waals surface area contributed by atoms with Crippen molar-refractivity contribution in [2.24, 2.45) is 0 Å². The van der Waals surface area contributed by atoms with Crippen molar-refractivity contribution >= 4 is 27.5 Å². The van der Waals surface area contributed by atoms with Gasteiger partial charge in [0.15, 0.2) is 0 Å². The van der Waals surface area contributed by atoms with Gasteiger partial charge >= 0.3 is 5.69 Å². The molecular weight excluding hydrogens is 378 g/mol. The molecular formula is C20H17N3O4S. The van der Waals surface area contributed by atoms with E-state index in [1.54, 1.807) is 23.6 Å². The Hall–Kier alpha value is -3.39. The highest BCUT2D eigenvalue weighted by Gasteiger charge is 2.17. The summed E-state index contributed by atoms with van der Waals surface area (Å²) in [5.41, 5.74) is 0.506. The second kappa shape index (κ2) is 7.69. The summed E-state index contributed by atoms with van der Waals surface area (Å²) in [5, 5.41) is 4.55. The van der Waals surface area contributed by atoms with E-state index in [1.807, 2.05) is 30.3 Å². The molecule has 0 atom stereocenters.